The molecule has 0 spiro atoms. The Morgan fingerprint density at radius 2 is 2.18 bits per heavy atom. The van der Waals surface area contributed by atoms with Gasteiger partial charge in [0, 0.05) is 55.2 Å². The Hall–Kier alpha value is -3.09. The lowest BCUT2D eigenvalue weighted by atomic mass is 10.2. The van der Waals surface area contributed by atoms with Gasteiger partial charge in [-0.05, 0) is 36.4 Å². The number of anilines is 3. The lowest BCUT2D eigenvalue weighted by Crippen LogP contribution is -2.35. The Kier molecular flexibility index (Phi) is 5.14. The van der Waals surface area contributed by atoms with Gasteiger partial charge in [-0.1, -0.05) is 19.4 Å². The molecule has 0 saturated carbocycles. The van der Waals surface area contributed by atoms with Crippen molar-refractivity contribution in [3.8, 4) is 0 Å². The summed E-state index contributed by atoms with van der Waals surface area (Å²) >= 11 is 0. The van der Waals surface area contributed by atoms with E-state index in [4.69, 9.17) is 9.97 Å². The van der Waals surface area contributed by atoms with Crippen LogP contribution in [-0.2, 0) is 11.2 Å². The first-order valence-electron chi connectivity index (χ1n) is 9.85. The first-order chi connectivity index (χ1) is 13.6. The molecule has 28 heavy (non-hydrogen) atoms. The number of amides is 1. The third kappa shape index (κ3) is 4.08. The number of rotatable bonds is 6. The molecule has 1 fully saturated rings. The maximum absolute atomic E-state index is 11.3. The van der Waals surface area contributed by atoms with Crippen LogP contribution in [0.4, 0.5) is 17.5 Å². The molecule has 1 amide bonds. The number of benzene rings is 1. The van der Waals surface area contributed by atoms with Crippen molar-refractivity contribution in [2.45, 2.75) is 39.2 Å². The topological polar surface area (TPSA) is 85.9 Å². The highest BCUT2D eigenvalue weighted by Crippen LogP contribution is 2.24. The summed E-state index contributed by atoms with van der Waals surface area (Å²) in [6.45, 7) is 5.36. The van der Waals surface area contributed by atoms with Gasteiger partial charge in [0.05, 0.1) is 0 Å². The van der Waals surface area contributed by atoms with Crippen LogP contribution in [0.5, 0.6) is 0 Å². The van der Waals surface area contributed by atoms with E-state index in [0.717, 1.165) is 55.1 Å². The highest BCUT2D eigenvalue weighted by Gasteiger charge is 2.24. The minimum Gasteiger partial charge on any atom is -0.361 e. The van der Waals surface area contributed by atoms with Crippen LogP contribution in [-0.4, -0.2) is 40.0 Å². The molecule has 146 valence electrons. The normalized spacial score (nSPS) is 16.5. The Morgan fingerprint density at radius 3 is 3.00 bits per heavy atom. The zero-order valence-electron chi connectivity index (χ0n) is 16.3. The van der Waals surface area contributed by atoms with E-state index in [-0.39, 0.29) is 11.9 Å². The summed E-state index contributed by atoms with van der Waals surface area (Å²) in [5.41, 5.74) is 3.05. The number of aromatic nitrogens is 3. The number of hydrogen-bond donors (Lipinski definition) is 3. The van der Waals surface area contributed by atoms with Crippen molar-refractivity contribution in [1.29, 1.82) is 0 Å². The second-order valence-electron chi connectivity index (χ2n) is 7.33. The summed E-state index contributed by atoms with van der Waals surface area (Å²) in [4.78, 5) is 26.2. The van der Waals surface area contributed by atoms with Gasteiger partial charge in [0.25, 0.3) is 0 Å². The third-order valence-corrected chi connectivity index (χ3v) is 5.00. The fraction of sp³-hybridized carbons (Fsp3) is 0.381. The van der Waals surface area contributed by atoms with Gasteiger partial charge in [-0.2, -0.15) is 4.98 Å². The van der Waals surface area contributed by atoms with Crippen LogP contribution < -0.4 is 15.5 Å². The predicted molar refractivity (Wildman–Crippen MR) is 112 cm³/mol. The largest absolute Gasteiger partial charge is 0.361 e. The fourth-order valence-electron chi connectivity index (χ4n) is 3.71. The number of hydrogen-bond acceptors (Lipinski definition) is 5. The number of carbonyl (C=O) groups excluding carboxylic acids is 1. The molecule has 7 heteroatoms. The maximum atomic E-state index is 11.3. The van der Waals surface area contributed by atoms with Gasteiger partial charge in [0.15, 0.2) is 0 Å². The smallest absolute Gasteiger partial charge is 0.229 e. The summed E-state index contributed by atoms with van der Waals surface area (Å²) in [7, 11) is 0. The summed E-state index contributed by atoms with van der Waals surface area (Å²) in [5.74, 6) is 1.54. The minimum atomic E-state index is 0.0169. The van der Waals surface area contributed by atoms with Gasteiger partial charge in [0.2, 0.25) is 11.9 Å². The van der Waals surface area contributed by atoms with Crippen LogP contribution in [0.25, 0.3) is 10.9 Å². The molecule has 0 radical (unpaired) electrons. The molecule has 2 aromatic heterocycles. The monoisotopic (exact) mass is 378 g/mol. The van der Waals surface area contributed by atoms with E-state index in [0.29, 0.717) is 5.95 Å². The van der Waals surface area contributed by atoms with Gasteiger partial charge in [-0.15, -0.1) is 0 Å². The SMILES string of the molecule is CCCc1cc(N2CC[C@H](NC(C)=O)C2)nc(Nc2ccc3cc[nH]c3c2)n1. The van der Waals surface area contributed by atoms with E-state index in [2.05, 4.69) is 51.7 Å². The number of fused-ring (bicyclic) bond motifs is 1. The molecule has 0 bridgehead atoms. The van der Waals surface area contributed by atoms with Crippen LogP contribution in [0.1, 0.15) is 32.4 Å². The van der Waals surface area contributed by atoms with Gasteiger partial charge in [-0.25, -0.2) is 4.98 Å². The van der Waals surface area contributed by atoms with Crippen molar-refractivity contribution in [2.75, 3.05) is 23.3 Å². The molecular weight excluding hydrogens is 352 g/mol. The number of aryl methyl sites for hydroxylation is 1. The molecule has 0 unspecified atom stereocenters. The Balaban J connectivity index is 1.57. The van der Waals surface area contributed by atoms with Gasteiger partial charge in [0.1, 0.15) is 5.82 Å². The number of nitrogens with one attached hydrogen (secondary N) is 3. The number of H-pyrrole nitrogens is 1. The third-order valence-electron chi connectivity index (χ3n) is 5.00. The van der Waals surface area contributed by atoms with Crippen molar-refractivity contribution in [3.05, 3.63) is 42.2 Å². The number of aromatic amines is 1. The predicted octanol–water partition coefficient (Wildman–Crippen LogP) is 3.37. The zero-order valence-corrected chi connectivity index (χ0v) is 16.3. The molecule has 3 heterocycles. The second kappa shape index (κ2) is 7.88. The average Bonchev–Trinajstić information content (AvgIpc) is 3.30. The number of carbonyl (C=O) groups is 1. The fourth-order valence-corrected chi connectivity index (χ4v) is 3.71. The van der Waals surface area contributed by atoms with Crippen molar-refractivity contribution in [3.63, 3.8) is 0 Å². The Bertz CT molecular complexity index is 982. The summed E-state index contributed by atoms with van der Waals surface area (Å²) in [6, 6.07) is 10.5. The molecule has 1 atom stereocenters. The summed E-state index contributed by atoms with van der Waals surface area (Å²) < 4.78 is 0. The molecular formula is C21H26N6O. The quantitative estimate of drug-likeness (QED) is 0.612. The lowest BCUT2D eigenvalue weighted by molar-refractivity contribution is -0.119. The molecule has 1 aromatic carbocycles. The van der Waals surface area contributed by atoms with E-state index < -0.39 is 0 Å². The second-order valence-corrected chi connectivity index (χ2v) is 7.33. The molecule has 1 aliphatic heterocycles. The first kappa shape index (κ1) is 18.3. The Labute approximate surface area is 164 Å². The van der Waals surface area contributed by atoms with E-state index in [1.807, 2.05) is 12.3 Å². The highest BCUT2D eigenvalue weighted by molar-refractivity contribution is 5.83. The van der Waals surface area contributed by atoms with E-state index in [1.54, 1.807) is 6.92 Å². The highest BCUT2D eigenvalue weighted by atomic mass is 16.1. The summed E-state index contributed by atoms with van der Waals surface area (Å²) in [6.07, 6.45) is 4.80. The molecule has 4 rings (SSSR count). The van der Waals surface area contributed by atoms with E-state index in [9.17, 15) is 4.79 Å². The zero-order chi connectivity index (χ0) is 19.5. The molecule has 1 aliphatic rings. The van der Waals surface area contributed by atoms with Crippen LogP contribution in [0.2, 0.25) is 0 Å². The van der Waals surface area contributed by atoms with Crippen molar-refractivity contribution in [2.24, 2.45) is 0 Å². The van der Waals surface area contributed by atoms with Gasteiger partial charge >= 0.3 is 0 Å². The van der Waals surface area contributed by atoms with Crippen molar-refractivity contribution < 1.29 is 4.79 Å². The van der Waals surface area contributed by atoms with E-state index >= 15 is 0 Å². The number of nitrogens with zero attached hydrogens (tertiary/aromatic N) is 3. The minimum absolute atomic E-state index is 0.0169. The van der Waals surface area contributed by atoms with Crippen LogP contribution in [0.3, 0.4) is 0 Å². The van der Waals surface area contributed by atoms with Gasteiger partial charge in [-0.3, -0.25) is 4.79 Å². The molecule has 1 saturated heterocycles. The van der Waals surface area contributed by atoms with Crippen molar-refractivity contribution in [1.82, 2.24) is 20.3 Å². The Morgan fingerprint density at radius 1 is 1.29 bits per heavy atom. The first-order valence-corrected chi connectivity index (χ1v) is 9.85. The lowest BCUT2D eigenvalue weighted by Gasteiger charge is -2.19. The van der Waals surface area contributed by atoms with Crippen LogP contribution >= 0.6 is 0 Å². The molecule has 3 N–H and O–H groups in total. The average molecular weight is 378 g/mol. The molecule has 7 nitrogen and oxygen atoms in total. The van der Waals surface area contributed by atoms with E-state index in [1.165, 1.54) is 5.39 Å². The molecule has 3 aromatic rings. The van der Waals surface area contributed by atoms with Crippen LogP contribution in [0, 0.1) is 0 Å². The maximum Gasteiger partial charge on any atom is 0.229 e. The van der Waals surface area contributed by atoms with Crippen molar-refractivity contribution >= 4 is 34.3 Å². The van der Waals surface area contributed by atoms with Crippen LogP contribution in [0.15, 0.2) is 36.5 Å². The van der Waals surface area contributed by atoms with Gasteiger partial charge < -0.3 is 20.5 Å². The molecule has 0 aliphatic carbocycles. The standard InChI is InChI=1S/C21H26N6O/c1-3-4-16-12-20(27-10-8-18(13-27)23-14(2)28)26-21(24-16)25-17-6-5-15-7-9-22-19(15)11-17/h5-7,9,11-12,18,22H,3-4,8,10,13H2,1-2H3,(H,23,28)(H,24,25,26)/t18-/m0/s1. The summed E-state index contributed by atoms with van der Waals surface area (Å²) in [5, 5.41) is 7.53.